The smallest absolute Gasteiger partial charge is 0.244 e. The molecule has 260 valence electrons. The Balaban J connectivity index is 1.38. The van der Waals surface area contributed by atoms with E-state index in [0.717, 1.165) is 27.8 Å². The van der Waals surface area contributed by atoms with Crippen molar-refractivity contribution in [1.29, 1.82) is 0 Å². The largest absolute Gasteiger partial charge is 0.343 e. The predicted molar refractivity (Wildman–Crippen MR) is 192 cm³/mol. The fourth-order valence-corrected chi connectivity index (χ4v) is 7.56. The maximum Gasteiger partial charge on any atom is 0.244 e. The van der Waals surface area contributed by atoms with Gasteiger partial charge in [-0.25, -0.2) is 4.99 Å². The zero-order valence-electron chi connectivity index (χ0n) is 29.5. The second-order valence-electron chi connectivity index (χ2n) is 13.9. The summed E-state index contributed by atoms with van der Waals surface area (Å²) in [5, 5.41) is 9.41. The van der Waals surface area contributed by atoms with Gasteiger partial charge in [-0.2, -0.15) is 0 Å². The molecule has 10 heteroatoms. The minimum atomic E-state index is -0.762. The Labute approximate surface area is 290 Å². The van der Waals surface area contributed by atoms with Crippen LogP contribution < -0.4 is 16.0 Å². The van der Waals surface area contributed by atoms with Crippen LogP contribution in [0.15, 0.2) is 71.0 Å². The Hall–Kier alpha value is -4.57. The molecule has 2 aliphatic heterocycles. The molecule has 0 aromatic heterocycles. The lowest BCUT2D eigenvalue weighted by Crippen LogP contribution is -2.52. The van der Waals surface area contributed by atoms with Crippen molar-refractivity contribution in [2.75, 3.05) is 25.0 Å². The molecule has 3 N–H and O–H groups in total. The summed E-state index contributed by atoms with van der Waals surface area (Å²) >= 11 is 0. The molecule has 3 aliphatic rings. The highest BCUT2D eigenvalue weighted by molar-refractivity contribution is 5.96. The molecule has 1 fully saturated rings. The molecule has 10 nitrogen and oxygen atoms in total. The molecule has 4 amide bonds. The van der Waals surface area contributed by atoms with Crippen LogP contribution in [0.3, 0.4) is 0 Å². The lowest BCUT2D eigenvalue weighted by atomic mass is 9.74. The maximum absolute atomic E-state index is 14.5. The van der Waals surface area contributed by atoms with Crippen molar-refractivity contribution < 1.29 is 19.2 Å². The number of nitrogens with one attached hydrogen (secondary N) is 3. The molecular formula is C39H50N6O4. The topological polar surface area (TPSA) is 123 Å². The third-order valence-corrected chi connectivity index (χ3v) is 10.5. The minimum absolute atomic E-state index is 0.0145. The highest BCUT2D eigenvalue weighted by Crippen LogP contribution is 2.48. The van der Waals surface area contributed by atoms with E-state index in [1.165, 1.54) is 0 Å². The standard InChI is InChI=1S/C39H50N6O4/c1-7-11-33-35(40-6)43-36(48)39(33)21-28-14-15-32(20-31(28)22-39)42-34(47)25-45(24-30-13-10-9-12-29(30)23-41-26(3)4)37(49)38(8-2)16-18-44(19-17-38)27(5)46/h7,9-15,20,26,41H,6,8,16-19,21-25H2,1-5H3,(H,42,47)(H,43,48)/b11-7-/t39-/m1/s1. The molecule has 2 aromatic carbocycles. The third-order valence-electron chi connectivity index (χ3n) is 10.5. The number of amides is 4. The first-order valence-electron chi connectivity index (χ1n) is 17.4. The van der Waals surface area contributed by atoms with Crippen molar-refractivity contribution in [2.24, 2.45) is 15.8 Å². The van der Waals surface area contributed by atoms with Crippen molar-refractivity contribution in [3.8, 4) is 0 Å². The van der Waals surface area contributed by atoms with E-state index < -0.39 is 10.8 Å². The average Bonchev–Trinajstić information content (AvgIpc) is 3.59. The van der Waals surface area contributed by atoms with Gasteiger partial charge in [-0.3, -0.25) is 19.2 Å². The number of piperidine rings is 1. The van der Waals surface area contributed by atoms with Crippen LogP contribution in [0.1, 0.15) is 76.1 Å². The summed E-state index contributed by atoms with van der Waals surface area (Å²) in [6, 6.07) is 14.1. The number of benzene rings is 2. The predicted octanol–water partition coefficient (Wildman–Crippen LogP) is 4.89. The zero-order chi connectivity index (χ0) is 35.3. The van der Waals surface area contributed by atoms with Crippen LogP contribution >= 0.6 is 0 Å². The van der Waals surface area contributed by atoms with Crippen molar-refractivity contribution in [1.82, 2.24) is 20.4 Å². The Kier molecular flexibility index (Phi) is 10.9. The van der Waals surface area contributed by atoms with Gasteiger partial charge < -0.3 is 25.8 Å². The first-order valence-corrected chi connectivity index (χ1v) is 17.4. The van der Waals surface area contributed by atoms with E-state index in [9.17, 15) is 19.2 Å². The fourth-order valence-electron chi connectivity index (χ4n) is 7.56. The van der Waals surface area contributed by atoms with Gasteiger partial charge in [0.05, 0.1) is 10.8 Å². The number of rotatable bonds is 12. The molecule has 0 saturated carbocycles. The molecule has 2 aromatic rings. The number of fused-ring (bicyclic) bond motifs is 1. The zero-order valence-corrected chi connectivity index (χ0v) is 29.5. The summed E-state index contributed by atoms with van der Waals surface area (Å²) in [6.07, 6.45) is 6.59. The quantitative estimate of drug-likeness (QED) is 0.279. The summed E-state index contributed by atoms with van der Waals surface area (Å²) in [5.74, 6) is 0.0607. The number of carbonyl (C=O) groups is 4. The minimum Gasteiger partial charge on any atom is -0.343 e. The number of hydrogen-bond donors (Lipinski definition) is 3. The van der Waals surface area contributed by atoms with Gasteiger partial charge in [0.1, 0.15) is 12.4 Å². The van der Waals surface area contributed by atoms with Crippen molar-refractivity contribution in [3.63, 3.8) is 0 Å². The summed E-state index contributed by atoms with van der Waals surface area (Å²) < 4.78 is 0. The van der Waals surface area contributed by atoms with Crippen molar-refractivity contribution >= 4 is 36.0 Å². The molecule has 0 unspecified atom stereocenters. The SMILES string of the molecule is C=NC1=C(/C=C\C)[C@]2(Cc3ccc(NC(=O)CN(Cc4ccccc4CNC(C)C)C(=O)C4(CC)CCN(C(C)=O)CC4)cc3C2)C(=O)N1. The lowest BCUT2D eigenvalue weighted by molar-refractivity contribution is -0.150. The maximum atomic E-state index is 14.5. The molecule has 5 rings (SSSR count). The molecule has 49 heavy (non-hydrogen) atoms. The summed E-state index contributed by atoms with van der Waals surface area (Å²) in [6.45, 7) is 15.2. The van der Waals surface area contributed by atoms with Crippen LogP contribution in [-0.4, -0.2) is 65.8 Å². The van der Waals surface area contributed by atoms with Crippen LogP contribution in [0.5, 0.6) is 0 Å². The fraction of sp³-hybridized carbons (Fsp3) is 0.462. The van der Waals surface area contributed by atoms with Gasteiger partial charge in [0, 0.05) is 50.4 Å². The Bertz CT molecular complexity index is 1690. The first-order chi connectivity index (χ1) is 23.4. The van der Waals surface area contributed by atoms with Gasteiger partial charge in [0.15, 0.2) is 0 Å². The van der Waals surface area contributed by atoms with E-state index in [2.05, 4.69) is 47.6 Å². The van der Waals surface area contributed by atoms with E-state index in [0.29, 0.717) is 75.8 Å². The number of anilines is 1. The monoisotopic (exact) mass is 666 g/mol. The van der Waals surface area contributed by atoms with Gasteiger partial charge in [0.2, 0.25) is 23.6 Å². The van der Waals surface area contributed by atoms with Crippen molar-refractivity contribution in [2.45, 2.75) is 85.9 Å². The highest BCUT2D eigenvalue weighted by Gasteiger charge is 2.51. The second kappa shape index (κ2) is 14.9. The third kappa shape index (κ3) is 7.39. The number of hydrogen-bond acceptors (Lipinski definition) is 6. The number of aliphatic imine (C=N–C) groups is 1. The summed E-state index contributed by atoms with van der Waals surface area (Å²) in [7, 11) is 0. The molecule has 0 bridgehead atoms. The lowest BCUT2D eigenvalue weighted by Gasteiger charge is -2.42. The van der Waals surface area contributed by atoms with Crippen LogP contribution in [-0.2, 0) is 45.1 Å². The van der Waals surface area contributed by atoms with Gasteiger partial charge in [-0.1, -0.05) is 63.3 Å². The molecule has 2 heterocycles. The molecule has 1 aliphatic carbocycles. The van der Waals surface area contributed by atoms with Crippen molar-refractivity contribution in [3.05, 3.63) is 88.3 Å². The van der Waals surface area contributed by atoms with Crippen LogP contribution in [0, 0.1) is 10.8 Å². The Morgan fingerprint density at radius 1 is 1.08 bits per heavy atom. The second-order valence-corrected chi connectivity index (χ2v) is 13.9. The summed E-state index contributed by atoms with van der Waals surface area (Å²) in [4.78, 5) is 61.2. The Morgan fingerprint density at radius 3 is 2.41 bits per heavy atom. The van der Waals surface area contributed by atoms with E-state index >= 15 is 0 Å². The number of allylic oxidation sites excluding steroid dienone is 2. The van der Waals surface area contributed by atoms with Crippen LogP contribution in [0.4, 0.5) is 5.69 Å². The van der Waals surface area contributed by atoms with Gasteiger partial charge in [-0.05, 0) is 80.1 Å². The number of nitrogens with zero attached hydrogens (tertiary/aromatic N) is 3. The van der Waals surface area contributed by atoms with Gasteiger partial charge in [0.25, 0.3) is 0 Å². The molecule has 1 spiro atoms. The molecule has 0 radical (unpaired) electrons. The first kappa shape index (κ1) is 35.7. The number of likely N-dealkylation sites (tertiary alicyclic amines) is 1. The Morgan fingerprint density at radius 2 is 1.78 bits per heavy atom. The molecule has 1 atom stereocenters. The molecule has 1 saturated heterocycles. The number of carbonyl (C=O) groups excluding carboxylic acids is 4. The van der Waals surface area contributed by atoms with E-state index in [-0.39, 0.29) is 30.2 Å². The normalized spacial score (nSPS) is 19.8. The van der Waals surface area contributed by atoms with Gasteiger partial charge in [-0.15, -0.1) is 0 Å². The molecular weight excluding hydrogens is 616 g/mol. The van der Waals surface area contributed by atoms with Gasteiger partial charge >= 0.3 is 0 Å². The van der Waals surface area contributed by atoms with E-state index in [1.807, 2.05) is 62.4 Å². The van der Waals surface area contributed by atoms with Crippen LogP contribution in [0.25, 0.3) is 0 Å². The van der Waals surface area contributed by atoms with E-state index in [1.54, 1.807) is 16.7 Å². The average molecular weight is 667 g/mol. The van der Waals surface area contributed by atoms with Crippen LogP contribution in [0.2, 0.25) is 0 Å². The highest BCUT2D eigenvalue weighted by atomic mass is 16.2. The van der Waals surface area contributed by atoms with E-state index in [4.69, 9.17) is 0 Å². The summed E-state index contributed by atoms with van der Waals surface area (Å²) in [5.41, 5.74) is 4.13.